The van der Waals surface area contributed by atoms with Gasteiger partial charge in [0.1, 0.15) is 0 Å². The molecule has 1 aliphatic heterocycles. The highest BCUT2D eigenvalue weighted by Gasteiger charge is 2.59. The molecule has 140 valence electrons. The Morgan fingerprint density at radius 3 is 2.44 bits per heavy atom. The minimum Gasteiger partial charge on any atom is -0.299 e. The van der Waals surface area contributed by atoms with E-state index in [4.69, 9.17) is 0 Å². The summed E-state index contributed by atoms with van der Waals surface area (Å²) in [5.74, 6) is 2.87. The van der Waals surface area contributed by atoms with Crippen LogP contribution in [-0.4, -0.2) is 53.9 Å². The summed E-state index contributed by atoms with van der Waals surface area (Å²) < 4.78 is 23.4. The molecule has 6 rings (SSSR count). The van der Waals surface area contributed by atoms with Crippen LogP contribution in [0.25, 0.3) is 0 Å². The average Bonchev–Trinajstić information content (AvgIpc) is 2.89. The smallest absolute Gasteiger partial charge is 0.0623 e. The summed E-state index contributed by atoms with van der Waals surface area (Å²) in [6.07, 6.45) is 12.2. The van der Waals surface area contributed by atoms with Gasteiger partial charge >= 0.3 is 0 Å². The zero-order chi connectivity index (χ0) is 17.3. The van der Waals surface area contributed by atoms with E-state index in [-0.39, 0.29) is 0 Å². The lowest BCUT2D eigenvalue weighted by molar-refractivity contribution is -0.137. The summed E-state index contributed by atoms with van der Waals surface area (Å²) in [5.41, 5.74) is 0.722. The fourth-order valence-corrected chi connectivity index (χ4v) is 8.60. The van der Waals surface area contributed by atoms with Gasteiger partial charge in [-0.2, -0.15) is 15.7 Å². The van der Waals surface area contributed by atoms with Crippen molar-refractivity contribution in [1.82, 2.24) is 14.7 Å². The first kappa shape index (κ1) is 17.3. The topological polar surface area (TPSA) is 61.5 Å². The normalized spacial score (nSPS) is 44.1. The Bertz CT molecular complexity index is 655. The van der Waals surface area contributed by atoms with E-state index in [1.165, 1.54) is 42.1 Å². The predicted molar refractivity (Wildman–Crippen MR) is 109 cm³/mol. The highest BCUT2D eigenvalue weighted by Crippen LogP contribution is 2.64. The van der Waals surface area contributed by atoms with E-state index in [1.54, 1.807) is 0 Å². The fourth-order valence-electron chi connectivity index (χ4n) is 6.93. The molecule has 1 aromatic heterocycles. The van der Waals surface area contributed by atoms with Crippen molar-refractivity contribution in [2.75, 3.05) is 24.6 Å². The minimum absolute atomic E-state index is 0.320. The van der Waals surface area contributed by atoms with E-state index in [0.29, 0.717) is 22.5 Å². The van der Waals surface area contributed by atoms with Crippen molar-refractivity contribution >= 4 is 33.2 Å². The van der Waals surface area contributed by atoms with Crippen molar-refractivity contribution < 1.29 is 9.11 Å². The quantitative estimate of drug-likeness (QED) is 0.649. The highest BCUT2D eigenvalue weighted by molar-refractivity contribution is 14.1. The zero-order valence-corrected chi connectivity index (χ0v) is 17.6. The van der Waals surface area contributed by atoms with Crippen molar-refractivity contribution in [3.8, 4) is 0 Å². The zero-order valence-electron chi connectivity index (χ0n) is 14.6. The number of halogens is 1. The predicted octanol–water partition coefficient (Wildman–Crippen LogP) is 3.89. The lowest BCUT2D eigenvalue weighted by atomic mass is 9.46. The first-order valence-corrected chi connectivity index (χ1v) is 12.5. The molecule has 0 radical (unpaired) electrons. The van der Waals surface area contributed by atoms with Gasteiger partial charge in [0.05, 0.1) is 21.3 Å². The van der Waals surface area contributed by atoms with Gasteiger partial charge in [0, 0.05) is 31.4 Å². The summed E-state index contributed by atoms with van der Waals surface area (Å²) >= 11 is 2.35. The molecular weight excluding hydrogens is 449 g/mol. The molecule has 0 aromatic carbocycles. The van der Waals surface area contributed by atoms with Crippen LogP contribution in [0.1, 0.15) is 38.5 Å². The molecule has 5 aliphatic rings. The molecule has 2 N–H and O–H groups in total. The molecule has 4 saturated carbocycles. The van der Waals surface area contributed by atoms with Crippen LogP contribution in [-0.2, 0) is 6.54 Å². The fraction of sp³-hybridized carbons (Fsp3) is 0.833. The van der Waals surface area contributed by atoms with Crippen LogP contribution >= 0.6 is 33.2 Å². The summed E-state index contributed by atoms with van der Waals surface area (Å²) in [6, 6.07) is 0. The van der Waals surface area contributed by atoms with Crippen molar-refractivity contribution in [3.05, 3.63) is 16.0 Å². The molecule has 2 unspecified atom stereocenters. The monoisotopic (exact) mass is 477 g/mol. The van der Waals surface area contributed by atoms with Gasteiger partial charge in [-0.25, -0.2) is 0 Å². The molecular formula is C18H28IN3O2S. The first-order chi connectivity index (χ1) is 11.9. The van der Waals surface area contributed by atoms with Gasteiger partial charge < -0.3 is 0 Å². The molecule has 25 heavy (non-hydrogen) atoms. The highest BCUT2D eigenvalue weighted by atomic mass is 127. The second-order valence-electron chi connectivity index (χ2n) is 9.24. The Morgan fingerprint density at radius 1 is 1.16 bits per heavy atom. The Balaban J connectivity index is 1.41. The Morgan fingerprint density at radius 2 is 1.84 bits per heavy atom. The van der Waals surface area contributed by atoms with Crippen LogP contribution < -0.4 is 0 Å². The van der Waals surface area contributed by atoms with Crippen LogP contribution in [0.2, 0.25) is 0 Å². The molecule has 1 saturated heterocycles. The van der Waals surface area contributed by atoms with Gasteiger partial charge in [-0.3, -0.25) is 18.7 Å². The molecule has 4 aliphatic carbocycles. The van der Waals surface area contributed by atoms with Crippen molar-refractivity contribution in [1.29, 1.82) is 0 Å². The van der Waals surface area contributed by atoms with Gasteiger partial charge in [-0.1, -0.05) is 0 Å². The van der Waals surface area contributed by atoms with Crippen LogP contribution in [0.5, 0.6) is 0 Å². The second-order valence-corrected chi connectivity index (χ2v) is 12.9. The van der Waals surface area contributed by atoms with Crippen LogP contribution in [0.4, 0.5) is 0 Å². The van der Waals surface area contributed by atoms with E-state index < -0.39 is 10.6 Å². The molecule has 0 spiro atoms. The maximum atomic E-state index is 10.0. The largest absolute Gasteiger partial charge is 0.299 e. The van der Waals surface area contributed by atoms with E-state index in [1.807, 2.05) is 6.20 Å². The molecule has 2 heterocycles. The molecule has 4 bridgehead atoms. The van der Waals surface area contributed by atoms with Gasteiger partial charge in [0.25, 0.3) is 0 Å². The third-order valence-electron chi connectivity index (χ3n) is 7.30. The van der Waals surface area contributed by atoms with Crippen molar-refractivity contribution in [3.63, 3.8) is 0 Å². The standard InChI is InChI=1S/C18H28IN3O2S/c19-16-10-20-22(11-16)13-17-6-14-5-15(7-17)9-18(8-14,12-17)21-1-3-25(23,24)4-2-21/h10-11,14-15,23-24H,1-9,12-13H2. The minimum atomic E-state index is -2.30. The van der Waals surface area contributed by atoms with Crippen molar-refractivity contribution in [2.45, 2.75) is 50.6 Å². The van der Waals surface area contributed by atoms with E-state index in [2.05, 4.69) is 43.5 Å². The Labute approximate surface area is 165 Å². The van der Waals surface area contributed by atoms with E-state index in [0.717, 1.165) is 31.5 Å². The summed E-state index contributed by atoms with van der Waals surface area (Å²) in [7, 11) is -2.30. The lowest BCUT2D eigenvalue weighted by Crippen LogP contribution is -2.65. The maximum Gasteiger partial charge on any atom is 0.0623 e. The molecule has 2 atom stereocenters. The molecule has 1 aromatic rings. The SMILES string of the molecule is OS1(O)CCN(C23CC4CC(CC(Cn5cc(I)cn5)(C4)C2)C3)CC1. The van der Waals surface area contributed by atoms with Crippen molar-refractivity contribution in [2.24, 2.45) is 17.3 Å². The van der Waals surface area contributed by atoms with Crippen LogP contribution in [0, 0.1) is 20.8 Å². The summed E-state index contributed by atoms with van der Waals surface area (Å²) in [4.78, 5) is 2.66. The second kappa shape index (κ2) is 5.83. The van der Waals surface area contributed by atoms with Gasteiger partial charge in [0.2, 0.25) is 0 Å². The number of rotatable bonds is 3. The molecule has 0 amide bonds. The Hall–Kier alpha value is 0.170. The molecule has 7 heteroatoms. The number of hydrogen-bond donors (Lipinski definition) is 2. The molecule has 5 nitrogen and oxygen atoms in total. The third-order valence-corrected chi connectivity index (χ3v) is 9.53. The molecule has 5 fully saturated rings. The van der Waals surface area contributed by atoms with Crippen LogP contribution in [0.3, 0.4) is 0 Å². The number of nitrogens with zero attached hydrogens (tertiary/aromatic N) is 3. The van der Waals surface area contributed by atoms with Crippen LogP contribution in [0.15, 0.2) is 12.4 Å². The number of aromatic nitrogens is 2. The Kier molecular flexibility index (Phi) is 4.03. The third kappa shape index (κ3) is 3.07. The lowest BCUT2D eigenvalue weighted by Gasteiger charge is -2.66. The summed E-state index contributed by atoms with van der Waals surface area (Å²) in [5, 5.41) is 4.58. The van der Waals surface area contributed by atoms with Gasteiger partial charge in [0.15, 0.2) is 0 Å². The van der Waals surface area contributed by atoms with E-state index in [9.17, 15) is 9.11 Å². The van der Waals surface area contributed by atoms with Gasteiger partial charge in [-0.05, 0) is 78.4 Å². The summed E-state index contributed by atoms with van der Waals surface area (Å²) in [6.45, 7) is 2.81. The van der Waals surface area contributed by atoms with Gasteiger partial charge in [-0.15, -0.1) is 0 Å². The van der Waals surface area contributed by atoms with E-state index >= 15 is 0 Å². The number of hydrogen-bond acceptors (Lipinski definition) is 4. The first-order valence-electron chi connectivity index (χ1n) is 9.52. The average molecular weight is 477 g/mol. The maximum absolute atomic E-state index is 10.0.